The summed E-state index contributed by atoms with van der Waals surface area (Å²) in [4.78, 5) is 10.1. The molecule has 4 bridgehead atoms. The highest BCUT2D eigenvalue weighted by Gasteiger charge is 2.66. The van der Waals surface area contributed by atoms with E-state index in [1.807, 2.05) is 42.6 Å². The first-order valence-electron chi connectivity index (χ1n) is 29.9. The summed E-state index contributed by atoms with van der Waals surface area (Å²) in [7, 11) is 0. The van der Waals surface area contributed by atoms with Gasteiger partial charge >= 0.3 is 0 Å². The molecule has 0 saturated heterocycles. The molecule has 1 aliphatic heterocycles. The molecule has 12 aromatic rings. The minimum Gasteiger partial charge on any atom is -0.457 e. The number of anilines is 3. The predicted molar refractivity (Wildman–Crippen MR) is 322 cm³/mol. The van der Waals surface area contributed by atoms with E-state index in [-0.39, 0.29) is 47.0 Å². The fourth-order valence-electron chi connectivity index (χ4n) is 14.6. The lowest BCUT2D eigenvalue weighted by molar-refractivity contribution is 0.345. The number of nitrogens with zero attached hydrogens (tertiary/aromatic N) is 4. The first-order valence-corrected chi connectivity index (χ1v) is 27.4. The quantitative estimate of drug-likeness (QED) is 0.159. The third-order valence-electron chi connectivity index (χ3n) is 17.7. The minimum absolute atomic E-state index is 0.00716. The van der Waals surface area contributed by atoms with Crippen LogP contribution in [0, 0.1) is 0 Å². The number of hydrogen-bond donors (Lipinski definition) is 0. The van der Waals surface area contributed by atoms with Gasteiger partial charge in [-0.2, -0.15) is 0 Å². The molecule has 3 heterocycles. The normalized spacial score (nSPS) is 20.2. The van der Waals surface area contributed by atoms with Crippen molar-refractivity contribution in [2.75, 3.05) is 16.5 Å². The molecule has 79 heavy (non-hydrogen) atoms. The maximum absolute atomic E-state index is 8.84. The lowest BCUT2D eigenvalue weighted by Crippen LogP contribution is -2.61. The molecule has 0 fully saturated rings. The Morgan fingerprint density at radius 3 is 1.82 bits per heavy atom. The van der Waals surface area contributed by atoms with Crippen LogP contribution in [-0.4, -0.2) is 16.2 Å². The third kappa shape index (κ3) is 6.41. The van der Waals surface area contributed by atoms with E-state index in [9.17, 15) is 0 Å². The molecule has 0 spiro atoms. The van der Waals surface area contributed by atoms with Gasteiger partial charge in [0, 0.05) is 46.6 Å². The lowest BCUT2D eigenvalue weighted by atomic mass is 9.43. The molecule has 5 nitrogen and oxygen atoms in total. The van der Waals surface area contributed by atoms with Gasteiger partial charge in [0.05, 0.1) is 41.3 Å². The minimum atomic E-state index is -0.730. The third-order valence-corrected chi connectivity index (χ3v) is 17.7. The monoisotopic (exact) mass is 1020 g/mol. The number of rotatable bonds is 7. The van der Waals surface area contributed by atoms with Gasteiger partial charge in [-0.3, -0.25) is 4.57 Å². The van der Waals surface area contributed by atoms with E-state index in [0.29, 0.717) is 23.7 Å². The molecule has 0 amide bonds. The van der Waals surface area contributed by atoms with Gasteiger partial charge in [-0.15, -0.1) is 0 Å². The van der Waals surface area contributed by atoms with E-state index in [1.54, 1.807) is 0 Å². The Morgan fingerprint density at radius 1 is 0.506 bits per heavy atom. The second-order valence-electron chi connectivity index (χ2n) is 22.6. The van der Waals surface area contributed by atoms with Crippen LogP contribution in [0.1, 0.15) is 95.1 Å². The van der Waals surface area contributed by atoms with Crippen molar-refractivity contribution in [3.05, 3.63) is 316 Å². The van der Waals surface area contributed by atoms with E-state index in [4.69, 9.17) is 16.6 Å². The van der Waals surface area contributed by atoms with Gasteiger partial charge in [-0.05, 0) is 133 Å². The van der Waals surface area contributed by atoms with Crippen LogP contribution in [0.15, 0.2) is 261 Å². The lowest BCUT2D eigenvalue weighted by Gasteiger charge is -2.63. The summed E-state index contributed by atoms with van der Waals surface area (Å²) in [6, 6.07) is 80.3. The van der Waals surface area contributed by atoms with Crippen molar-refractivity contribution in [1.82, 2.24) is 9.55 Å². The largest absolute Gasteiger partial charge is 0.457 e. The molecule has 0 N–H and O–H groups in total. The summed E-state index contributed by atoms with van der Waals surface area (Å²) in [5.74, 6) is 1.95. The van der Waals surface area contributed by atoms with Crippen molar-refractivity contribution >= 4 is 38.9 Å². The summed E-state index contributed by atoms with van der Waals surface area (Å²) in [6.07, 6.45) is 1.85. The Morgan fingerprint density at radius 2 is 1.13 bits per heavy atom. The maximum Gasteiger partial charge on any atom is 0.137 e. The summed E-state index contributed by atoms with van der Waals surface area (Å²) >= 11 is 0. The second kappa shape index (κ2) is 17.0. The molecule has 6 aliphatic carbocycles. The van der Waals surface area contributed by atoms with Crippen LogP contribution < -0.4 is 14.5 Å². The number of pyridine rings is 1. The highest BCUT2D eigenvalue weighted by molar-refractivity contribution is 6.10. The molecule has 7 aliphatic rings. The number of para-hydroxylation sites is 2. The Balaban J connectivity index is 0.848. The molecule has 2 aromatic heterocycles. The number of fused-ring (bicyclic) bond motifs is 4. The summed E-state index contributed by atoms with van der Waals surface area (Å²) in [5.41, 5.74) is 17.4. The van der Waals surface area contributed by atoms with Crippen LogP contribution in [-0.2, 0) is 16.4 Å². The molecular formula is C74H56N4O. The zero-order chi connectivity index (χ0) is 57.0. The van der Waals surface area contributed by atoms with Crippen molar-refractivity contribution in [2.24, 2.45) is 0 Å². The molecule has 0 unspecified atom stereocenters. The topological polar surface area (TPSA) is 33.5 Å². The van der Waals surface area contributed by atoms with E-state index in [0.717, 1.165) is 50.2 Å². The Kier molecular flexibility index (Phi) is 8.78. The first-order chi connectivity index (χ1) is 40.9. The van der Waals surface area contributed by atoms with Gasteiger partial charge in [0.25, 0.3) is 0 Å². The molecular weight excluding hydrogens is 961 g/mol. The standard InChI is InChI=1S/C74H56N4O/c1-72(2,3)51-41-42-75-69(44-51)78-65-40-37-49(48-21-6-4-7-22-48)43-60(65)55-39-38-54(46-68(55)78)79-53-26-20-25-52(45-53)76-47-77(67-36-19-18-35-66(67)76)74-63-33-16-14-31-61(63)73(50-23-8-5-9-24-50,62-32-15-17-34-64(62)74)70-56-27-10-12-29-58(56)71(74)59-30-13-11-28-57(59)70/h4-46,70-71H,47H2,1-3H3/i4D,6D,7D,21D,22D. The van der Waals surface area contributed by atoms with Crippen LogP contribution in [0.3, 0.4) is 0 Å². The molecule has 0 saturated carbocycles. The van der Waals surface area contributed by atoms with E-state index < -0.39 is 17.0 Å². The highest BCUT2D eigenvalue weighted by Crippen LogP contribution is 2.71. The Bertz CT molecular complexity index is 4610. The second-order valence-corrected chi connectivity index (χ2v) is 22.6. The molecule has 5 heteroatoms. The molecule has 10 aromatic carbocycles. The Labute approximate surface area is 468 Å². The Hall–Kier alpha value is -9.45. The summed E-state index contributed by atoms with van der Waals surface area (Å²) in [5, 5.41) is 1.75. The van der Waals surface area contributed by atoms with Crippen LogP contribution >= 0.6 is 0 Å². The molecule has 0 atom stereocenters. The maximum atomic E-state index is 8.84. The van der Waals surface area contributed by atoms with Gasteiger partial charge in [0.15, 0.2) is 0 Å². The first kappa shape index (κ1) is 40.8. The van der Waals surface area contributed by atoms with Crippen molar-refractivity contribution in [3.8, 4) is 28.4 Å². The van der Waals surface area contributed by atoms with Crippen LogP contribution in [0.2, 0.25) is 0 Å². The summed E-state index contributed by atoms with van der Waals surface area (Å²) in [6.45, 7) is 7.11. The van der Waals surface area contributed by atoms with Gasteiger partial charge in [-0.25, -0.2) is 4.98 Å². The van der Waals surface area contributed by atoms with Gasteiger partial charge in [0.2, 0.25) is 0 Å². The number of aromatic nitrogens is 2. The smallest absolute Gasteiger partial charge is 0.137 e. The van der Waals surface area contributed by atoms with Crippen LogP contribution in [0.5, 0.6) is 11.5 Å². The predicted octanol–water partition coefficient (Wildman–Crippen LogP) is 17.7. The number of benzene rings is 10. The van der Waals surface area contributed by atoms with Crippen LogP contribution in [0.25, 0.3) is 38.8 Å². The van der Waals surface area contributed by atoms with E-state index in [1.165, 1.54) is 50.1 Å². The number of hydrogen-bond acceptors (Lipinski definition) is 4. The van der Waals surface area contributed by atoms with Crippen molar-refractivity contribution in [2.45, 2.75) is 49.0 Å². The van der Waals surface area contributed by atoms with Gasteiger partial charge < -0.3 is 14.5 Å². The molecule has 0 radical (unpaired) electrons. The number of ether oxygens (including phenoxy) is 1. The van der Waals surface area contributed by atoms with Crippen molar-refractivity contribution in [3.63, 3.8) is 0 Å². The van der Waals surface area contributed by atoms with E-state index >= 15 is 0 Å². The molecule has 378 valence electrons. The SMILES string of the molecule is [2H]c1c([2H])c([2H])c(-c2ccc3c(c2)c2ccc(Oc4cccc(N5CN(C67c8ccccc8C(c8ccccc8)(c8ccccc86)C6c8ccccc8C7c7ccccc76)c6ccccc65)c4)cc2n3-c2cc(C(C)(C)C)ccn2)c([2H])c1[2H]. The van der Waals surface area contributed by atoms with Crippen molar-refractivity contribution < 1.29 is 11.6 Å². The summed E-state index contributed by atoms with van der Waals surface area (Å²) < 4.78 is 52.0. The average Bonchev–Trinajstić information content (AvgIpc) is 0.777. The average molecular weight is 1020 g/mol. The zero-order valence-electron chi connectivity index (χ0n) is 49.0. The highest BCUT2D eigenvalue weighted by atomic mass is 16.5. The van der Waals surface area contributed by atoms with Gasteiger partial charge in [0.1, 0.15) is 22.9 Å². The zero-order valence-corrected chi connectivity index (χ0v) is 44.0. The van der Waals surface area contributed by atoms with Crippen LogP contribution in [0.4, 0.5) is 17.1 Å². The van der Waals surface area contributed by atoms with E-state index in [2.05, 4.69) is 223 Å². The fraction of sp³-hybridized carbons (Fsp3) is 0.122. The molecule has 19 rings (SSSR count). The fourth-order valence-corrected chi connectivity index (χ4v) is 14.6. The van der Waals surface area contributed by atoms with Gasteiger partial charge in [-0.1, -0.05) is 203 Å². The van der Waals surface area contributed by atoms with Crippen molar-refractivity contribution in [1.29, 1.82) is 0 Å².